The molecule has 2 aromatic carbocycles. The molecular formula is C21H16FN5O2. The third-order valence-corrected chi connectivity index (χ3v) is 5.13. The number of halogens is 1. The largest absolute Gasteiger partial charge is 0.332 e. The molecule has 3 aromatic heterocycles. The van der Waals surface area contributed by atoms with E-state index in [1.165, 1.54) is 17.7 Å². The molecule has 3 heterocycles. The van der Waals surface area contributed by atoms with Crippen molar-refractivity contribution in [3.05, 3.63) is 87.4 Å². The van der Waals surface area contributed by atoms with Crippen LogP contribution < -0.4 is 11.2 Å². The third-order valence-electron chi connectivity index (χ3n) is 5.13. The molecule has 0 atom stereocenters. The summed E-state index contributed by atoms with van der Waals surface area (Å²) < 4.78 is 20.4. The van der Waals surface area contributed by atoms with Crippen LogP contribution in [0.15, 0.2) is 70.4 Å². The van der Waals surface area contributed by atoms with E-state index in [0.717, 1.165) is 10.1 Å². The summed E-state index contributed by atoms with van der Waals surface area (Å²) in [6.45, 7) is 0. The van der Waals surface area contributed by atoms with Crippen LogP contribution in [0.4, 0.5) is 4.39 Å². The first-order chi connectivity index (χ1) is 14.0. The van der Waals surface area contributed by atoms with Crippen molar-refractivity contribution >= 4 is 16.9 Å². The van der Waals surface area contributed by atoms with Crippen molar-refractivity contribution in [3.63, 3.8) is 0 Å². The zero-order valence-electron chi connectivity index (χ0n) is 15.7. The molecule has 0 spiro atoms. The average molecular weight is 389 g/mol. The van der Waals surface area contributed by atoms with Gasteiger partial charge in [0.15, 0.2) is 11.2 Å². The fraction of sp³-hybridized carbons (Fsp3) is 0.0952. The van der Waals surface area contributed by atoms with Gasteiger partial charge in [-0.3, -0.25) is 22.9 Å². The van der Waals surface area contributed by atoms with E-state index < -0.39 is 17.1 Å². The SMILES string of the molecule is Cn1c(=O)c2c(nc3n(-c4ccccc4F)c(-c4ccccc4)cn23)n(C)c1=O. The van der Waals surface area contributed by atoms with Crippen LogP contribution in [-0.2, 0) is 14.1 Å². The lowest BCUT2D eigenvalue weighted by Gasteiger charge is -2.10. The van der Waals surface area contributed by atoms with E-state index >= 15 is 0 Å². The zero-order chi connectivity index (χ0) is 20.3. The molecule has 0 N–H and O–H groups in total. The molecule has 5 aromatic rings. The summed E-state index contributed by atoms with van der Waals surface area (Å²) in [6.07, 6.45) is 1.75. The highest BCUT2D eigenvalue weighted by atomic mass is 19.1. The van der Waals surface area contributed by atoms with Crippen LogP contribution in [0.3, 0.4) is 0 Å². The van der Waals surface area contributed by atoms with E-state index in [9.17, 15) is 14.0 Å². The van der Waals surface area contributed by atoms with Gasteiger partial charge in [0.2, 0.25) is 5.78 Å². The van der Waals surface area contributed by atoms with Gasteiger partial charge >= 0.3 is 5.69 Å². The predicted octanol–water partition coefficient (Wildman–Crippen LogP) is 2.48. The number of imidazole rings is 2. The van der Waals surface area contributed by atoms with Crippen molar-refractivity contribution in [2.24, 2.45) is 14.1 Å². The van der Waals surface area contributed by atoms with Crippen molar-refractivity contribution in [3.8, 4) is 16.9 Å². The Morgan fingerprint density at radius 1 is 0.897 bits per heavy atom. The minimum atomic E-state index is -0.469. The smallest absolute Gasteiger partial charge is 0.279 e. The summed E-state index contributed by atoms with van der Waals surface area (Å²) in [5.74, 6) is -0.0705. The highest BCUT2D eigenvalue weighted by molar-refractivity contribution is 5.79. The van der Waals surface area contributed by atoms with E-state index in [1.807, 2.05) is 30.3 Å². The Morgan fingerprint density at radius 3 is 2.31 bits per heavy atom. The van der Waals surface area contributed by atoms with Crippen molar-refractivity contribution in [1.82, 2.24) is 23.1 Å². The molecule has 0 amide bonds. The summed E-state index contributed by atoms with van der Waals surface area (Å²) >= 11 is 0. The summed E-state index contributed by atoms with van der Waals surface area (Å²) in [5.41, 5.74) is 1.41. The van der Waals surface area contributed by atoms with Crippen molar-refractivity contribution < 1.29 is 4.39 Å². The molecule has 0 aliphatic heterocycles. The maximum absolute atomic E-state index is 14.7. The highest BCUT2D eigenvalue weighted by Gasteiger charge is 2.22. The molecule has 0 unspecified atom stereocenters. The van der Waals surface area contributed by atoms with Crippen molar-refractivity contribution in [2.75, 3.05) is 0 Å². The molecule has 0 bridgehead atoms. The summed E-state index contributed by atoms with van der Waals surface area (Å²) in [4.78, 5) is 29.7. The molecule has 144 valence electrons. The normalized spacial score (nSPS) is 11.6. The van der Waals surface area contributed by atoms with Crippen LogP contribution in [-0.4, -0.2) is 23.1 Å². The van der Waals surface area contributed by atoms with Gasteiger partial charge in [0, 0.05) is 25.9 Å². The quantitative estimate of drug-likeness (QED) is 0.466. The fourth-order valence-corrected chi connectivity index (χ4v) is 3.65. The summed E-state index contributed by atoms with van der Waals surface area (Å²) in [6, 6.07) is 15.9. The average Bonchev–Trinajstić information content (AvgIpc) is 3.28. The minimum Gasteiger partial charge on any atom is -0.279 e. The van der Waals surface area contributed by atoms with Gasteiger partial charge in [-0.1, -0.05) is 42.5 Å². The molecular weight excluding hydrogens is 373 g/mol. The number of benzene rings is 2. The van der Waals surface area contributed by atoms with Gasteiger partial charge < -0.3 is 0 Å². The first-order valence-electron chi connectivity index (χ1n) is 8.99. The Kier molecular flexibility index (Phi) is 3.57. The minimum absolute atomic E-state index is 0.248. The molecule has 0 aliphatic carbocycles. The second kappa shape index (κ2) is 6.03. The summed E-state index contributed by atoms with van der Waals surface area (Å²) in [5, 5.41) is 0. The molecule has 0 saturated carbocycles. The molecule has 8 heteroatoms. The topological polar surface area (TPSA) is 66.2 Å². The number of fused-ring (bicyclic) bond motifs is 3. The van der Waals surface area contributed by atoms with E-state index in [-0.39, 0.29) is 11.2 Å². The first kappa shape index (κ1) is 17.2. The first-order valence-corrected chi connectivity index (χ1v) is 8.99. The number of nitrogens with zero attached hydrogens (tertiary/aromatic N) is 5. The molecule has 7 nitrogen and oxygen atoms in total. The number of hydrogen-bond donors (Lipinski definition) is 0. The van der Waals surface area contributed by atoms with Crippen LogP contribution in [0.1, 0.15) is 0 Å². The number of aromatic nitrogens is 5. The van der Waals surface area contributed by atoms with E-state index in [4.69, 9.17) is 0 Å². The molecule has 29 heavy (non-hydrogen) atoms. The number of hydrogen-bond acceptors (Lipinski definition) is 3. The van der Waals surface area contributed by atoms with Gasteiger partial charge in [0.05, 0.1) is 11.4 Å². The Bertz CT molecular complexity index is 1520. The molecule has 0 saturated heterocycles. The van der Waals surface area contributed by atoms with Gasteiger partial charge in [-0.15, -0.1) is 0 Å². The monoisotopic (exact) mass is 389 g/mol. The van der Waals surface area contributed by atoms with Crippen molar-refractivity contribution in [2.45, 2.75) is 0 Å². The Hall–Kier alpha value is -3.94. The van der Waals surface area contributed by atoms with Gasteiger partial charge in [0.25, 0.3) is 5.56 Å². The second-order valence-electron chi connectivity index (χ2n) is 6.83. The Balaban J connectivity index is 2.01. The lowest BCUT2D eigenvalue weighted by atomic mass is 10.1. The fourth-order valence-electron chi connectivity index (χ4n) is 3.65. The van der Waals surface area contributed by atoms with Crippen LogP contribution in [0, 0.1) is 5.82 Å². The lowest BCUT2D eigenvalue weighted by molar-refractivity contribution is 0.619. The third kappa shape index (κ3) is 2.32. The number of para-hydroxylation sites is 1. The number of rotatable bonds is 2. The second-order valence-corrected chi connectivity index (χ2v) is 6.83. The molecule has 0 aliphatic rings. The Labute approximate surface area is 163 Å². The predicted molar refractivity (Wildman–Crippen MR) is 108 cm³/mol. The van der Waals surface area contributed by atoms with Gasteiger partial charge in [-0.05, 0) is 12.1 Å². The van der Waals surface area contributed by atoms with E-state index in [0.29, 0.717) is 17.2 Å². The van der Waals surface area contributed by atoms with Crippen LogP contribution >= 0.6 is 0 Å². The number of aryl methyl sites for hydroxylation is 1. The molecule has 5 rings (SSSR count). The molecule has 0 fully saturated rings. The van der Waals surface area contributed by atoms with E-state index in [1.54, 1.807) is 40.4 Å². The van der Waals surface area contributed by atoms with Crippen LogP contribution in [0.25, 0.3) is 33.9 Å². The maximum atomic E-state index is 14.7. The Morgan fingerprint density at radius 2 is 1.59 bits per heavy atom. The van der Waals surface area contributed by atoms with Crippen LogP contribution in [0.2, 0.25) is 0 Å². The van der Waals surface area contributed by atoms with E-state index in [2.05, 4.69) is 4.98 Å². The highest BCUT2D eigenvalue weighted by Crippen LogP contribution is 2.29. The lowest BCUT2D eigenvalue weighted by Crippen LogP contribution is -2.37. The molecule has 0 radical (unpaired) electrons. The van der Waals surface area contributed by atoms with Gasteiger partial charge in [-0.25, -0.2) is 9.18 Å². The van der Waals surface area contributed by atoms with Crippen LogP contribution in [0.5, 0.6) is 0 Å². The van der Waals surface area contributed by atoms with Crippen molar-refractivity contribution in [1.29, 1.82) is 0 Å². The van der Waals surface area contributed by atoms with Gasteiger partial charge in [-0.2, -0.15) is 4.98 Å². The van der Waals surface area contributed by atoms with Gasteiger partial charge in [0.1, 0.15) is 5.82 Å². The maximum Gasteiger partial charge on any atom is 0.332 e. The zero-order valence-corrected chi connectivity index (χ0v) is 15.7. The standard InChI is InChI=1S/C21H16FN5O2/c1-24-18-17(19(28)25(2)21(24)29)26-12-16(13-8-4-3-5-9-13)27(20(26)23-18)15-11-7-6-10-14(15)22/h3-12H,1-2H3. The summed E-state index contributed by atoms with van der Waals surface area (Å²) in [7, 11) is 2.98.